The number of unbranched alkanes of at least 4 members (excludes halogenated alkanes) is 1. The van der Waals surface area contributed by atoms with Crippen LogP contribution in [-0.4, -0.2) is 75.7 Å². The molecular formula is C20H34N4O3S. The van der Waals surface area contributed by atoms with Crippen LogP contribution in [0.15, 0.2) is 24.3 Å². The molecule has 8 heteroatoms. The molecule has 1 aromatic rings. The number of nitrogens with zero attached hydrogens (tertiary/aromatic N) is 2. The first-order valence-corrected chi connectivity index (χ1v) is 11.9. The largest absolute Gasteiger partial charge is 0.352 e. The number of hydrogen-bond acceptors (Lipinski definition) is 5. The summed E-state index contributed by atoms with van der Waals surface area (Å²) in [6.07, 6.45) is 2.54. The molecular weight excluding hydrogens is 376 g/mol. The molecule has 0 aliphatic carbocycles. The van der Waals surface area contributed by atoms with Gasteiger partial charge in [0.2, 0.25) is 10.0 Å². The maximum absolute atomic E-state index is 12.3. The van der Waals surface area contributed by atoms with Crippen LogP contribution in [0, 0.1) is 0 Å². The zero-order valence-electron chi connectivity index (χ0n) is 17.1. The quantitative estimate of drug-likeness (QED) is 0.545. The van der Waals surface area contributed by atoms with Gasteiger partial charge in [-0.15, -0.1) is 0 Å². The normalized spacial score (nSPS) is 16.1. The molecule has 1 aromatic carbocycles. The molecule has 0 saturated carbocycles. The van der Waals surface area contributed by atoms with Crippen molar-refractivity contribution in [1.82, 2.24) is 15.1 Å². The summed E-state index contributed by atoms with van der Waals surface area (Å²) < 4.78 is 26.3. The van der Waals surface area contributed by atoms with Crippen molar-refractivity contribution in [3.05, 3.63) is 29.8 Å². The highest BCUT2D eigenvalue weighted by Gasteiger charge is 2.15. The Bertz CT molecular complexity index is 716. The smallest absolute Gasteiger partial charge is 0.251 e. The molecule has 2 rings (SSSR count). The van der Waals surface area contributed by atoms with E-state index in [1.165, 1.54) is 0 Å². The summed E-state index contributed by atoms with van der Waals surface area (Å²) in [4.78, 5) is 17.3. The van der Waals surface area contributed by atoms with Gasteiger partial charge in [0.1, 0.15) is 0 Å². The first-order valence-electron chi connectivity index (χ1n) is 10.3. The van der Waals surface area contributed by atoms with Gasteiger partial charge in [-0.05, 0) is 50.6 Å². The Labute approximate surface area is 169 Å². The Hall–Kier alpha value is -1.64. The Balaban J connectivity index is 1.69. The zero-order valence-corrected chi connectivity index (χ0v) is 17.9. The average Bonchev–Trinajstić information content (AvgIpc) is 2.67. The number of sulfonamides is 1. The molecule has 2 N–H and O–H groups in total. The first-order chi connectivity index (χ1) is 13.4. The molecule has 0 radical (unpaired) electrons. The highest BCUT2D eigenvalue weighted by molar-refractivity contribution is 7.92. The summed E-state index contributed by atoms with van der Waals surface area (Å²) in [6.45, 7) is 11.4. The standard InChI is InChI=1S/C20H34N4O3S/c1-3-16-28(26,27)22-19-9-7-8-18(17-19)20(25)21-10-5-6-11-24-14-12-23(4-2)13-15-24/h7-9,17,22H,3-6,10-16H2,1-2H3,(H,21,25). The molecule has 1 fully saturated rings. The lowest BCUT2D eigenvalue weighted by Crippen LogP contribution is -2.46. The van der Waals surface area contributed by atoms with E-state index in [1.807, 2.05) is 6.92 Å². The van der Waals surface area contributed by atoms with Crippen LogP contribution in [0.3, 0.4) is 0 Å². The molecule has 0 spiro atoms. The molecule has 1 saturated heterocycles. The SMILES string of the molecule is CCCS(=O)(=O)Nc1cccc(C(=O)NCCCCN2CCN(CC)CC2)c1. The second-order valence-electron chi connectivity index (χ2n) is 7.24. The minimum absolute atomic E-state index is 0.0664. The van der Waals surface area contributed by atoms with E-state index in [2.05, 4.69) is 26.8 Å². The fraction of sp³-hybridized carbons (Fsp3) is 0.650. The van der Waals surface area contributed by atoms with E-state index < -0.39 is 10.0 Å². The predicted molar refractivity (Wildman–Crippen MR) is 114 cm³/mol. The summed E-state index contributed by atoms with van der Waals surface area (Å²) in [7, 11) is -3.36. The molecule has 158 valence electrons. The monoisotopic (exact) mass is 410 g/mol. The number of piperazine rings is 1. The lowest BCUT2D eigenvalue weighted by molar-refractivity contribution is 0.0951. The van der Waals surface area contributed by atoms with Crippen molar-refractivity contribution in [1.29, 1.82) is 0 Å². The number of anilines is 1. The predicted octanol–water partition coefficient (Wildman–Crippen LogP) is 1.99. The summed E-state index contributed by atoms with van der Waals surface area (Å²) in [5.41, 5.74) is 0.889. The fourth-order valence-corrected chi connectivity index (χ4v) is 4.44. The van der Waals surface area contributed by atoms with Gasteiger partial charge < -0.3 is 15.1 Å². The summed E-state index contributed by atoms with van der Waals surface area (Å²) in [5, 5.41) is 2.93. The highest BCUT2D eigenvalue weighted by Crippen LogP contribution is 2.13. The van der Waals surface area contributed by atoms with Crippen molar-refractivity contribution in [2.75, 3.05) is 56.3 Å². The molecule has 0 atom stereocenters. The minimum atomic E-state index is -3.36. The van der Waals surface area contributed by atoms with Crippen LogP contribution in [0.1, 0.15) is 43.5 Å². The number of benzene rings is 1. The van der Waals surface area contributed by atoms with Gasteiger partial charge in [0.25, 0.3) is 5.91 Å². The second kappa shape index (κ2) is 11.4. The van der Waals surface area contributed by atoms with E-state index >= 15 is 0 Å². The molecule has 1 amide bonds. The molecule has 28 heavy (non-hydrogen) atoms. The zero-order chi connectivity index (χ0) is 20.4. The maximum Gasteiger partial charge on any atom is 0.251 e. The molecule has 0 bridgehead atoms. The van der Waals surface area contributed by atoms with Gasteiger partial charge in [-0.3, -0.25) is 9.52 Å². The Morgan fingerprint density at radius 1 is 1.07 bits per heavy atom. The van der Waals surface area contributed by atoms with E-state index in [0.29, 0.717) is 24.2 Å². The van der Waals surface area contributed by atoms with Crippen molar-refractivity contribution < 1.29 is 13.2 Å². The Kier molecular flexibility index (Phi) is 9.21. The van der Waals surface area contributed by atoms with Gasteiger partial charge >= 0.3 is 0 Å². The van der Waals surface area contributed by atoms with Crippen LogP contribution in [0.4, 0.5) is 5.69 Å². The maximum atomic E-state index is 12.3. The van der Waals surface area contributed by atoms with Crippen molar-refractivity contribution in [3.63, 3.8) is 0 Å². The van der Waals surface area contributed by atoms with Crippen molar-refractivity contribution in [2.45, 2.75) is 33.1 Å². The van der Waals surface area contributed by atoms with Crippen LogP contribution < -0.4 is 10.0 Å². The van der Waals surface area contributed by atoms with Gasteiger partial charge in [0, 0.05) is 44.0 Å². The fourth-order valence-electron chi connectivity index (χ4n) is 3.32. The van der Waals surface area contributed by atoms with E-state index in [9.17, 15) is 13.2 Å². The molecule has 1 aliphatic rings. The number of carbonyl (C=O) groups excluding carboxylic acids is 1. The number of rotatable bonds is 11. The Morgan fingerprint density at radius 3 is 2.46 bits per heavy atom. The molecule has 0 unspecified atom stereocenters. The summed E-state index contributed by atoms with van der Waals surface area (Å²) in [6, 6.07) is 6.62. The van der Waals surface area contributed by atoms with Gasteiger partial charge in [-0.1, -0.05) is 19.9 Å². The van der Waals surface area contributed by atoms with Crippen molar-refractivity contribution in [3.8, 4) is 0 Å². The molecule has 1 aliphatic heterocycles. The van der Waals surface area contributed by atoms with E-state index in [1.54, 1.807) is 24.3 Å². The lowest BCUT2D eigenvalue weighted by Gasteiger charge is -2.33. The summed E-state index contributed by atoms with van der Waals surface area (Å²) in [5.74, 6) is -0.107. The minimum Gasteiger partial charge on any atom is -0.352 e. The van der Waals surface area contributed by atoms with Crippen LogP contribution in [-0.2, 0) is 10.0 Å². The third-order valence-corrected chi connectivity index (χ3v) is 6.46. The third-order valence-electron chi connectivity index (χ3n) is 4.97. The average molecular weight is 411 g/mol. The number of carbonyl (C=O) groups is 1. The van der Waals surface area contributed by atoms with Gasteiger partial charge in [-0.2, -0.15) is 0 Å². The van der Waals surface area contributed by atoms with Gasteiger partial charge in [-0.25, -0.2) is 8.42 Å². The van der Waals surface area contributed by atoms with Crippen LogP contribution in [0.5, 0.6) is 0 Å². The molecule has 0 aromatic heterocycles. The second-order valence-corrected chi connectivity index (χ2v) is 9.08. The summed E-state index contributed by atoms with van der Waals surface area (Å²) >= 11 is 0. The highest BCUT2D eigenvalue weighted by atomic mass is 32.2. The number of amides is 1. The van der Waals surface area contributed by atoms with Crippen LogP contribution in [0.25, 0.3) is 0 Å². The van der Waals surface area contributed by atoms with E-state index in [4.69, 9.17) is 0 Å². The number of likely N-dealkylation sites (N-methyl/N-ethyl adjacent to an activating group) is 1. The first kappa shape index (κ1) is 22.6. The van der Waals surface area contributed by atoms with Gasteiger partial charge in [0.15, 0.2) is 0 Å². The van der Waals surface area contributed by atoms with Crippen LogP contribution >= 0.6 is 0 Å². The lowest BCUT2D eigenvalue weighted by atomic mass is 10.2. The number of nitrogens with one attached hydrogen (secondary N) is 2. The van der Waals surface area contributed by atoms with Crippen molar-refractivity contribution in [2.24, 2.45) is 0 Å². The topological polar surface area (TPSA) is 81.7 Å². The molecule has 7 nitrogen and oxygen atoms in total. The third kappa shape index (κ3) is 7.77. The number of hydrogen-bond donors (Lipinski definition) is 2. The van der Waals surface area contributed by atoms with E-state index in [0.717, 1.165) is 52.1 Å². The Morgan fingerprint density at radius 2 is 1.79 bits per heavy atom. The van der Waals surface area contributed by atoms with Crippen LogP contribution in [0.2, 0.25) is 0 Å². The molecule has 1 heterocycles. The van der Waals surface area contributed by atoms with Gasteiger partial charge in [0.05, 0.1) is 5.75 Å². The van der Waals surface area contributed by atoms with Crippen molar-refractivity contribution >= 4 is 21.6 Å². The van der Waals surface area contributed by atoms with E-state index in [-0.39, 0.29) is 11.7 Å².